The van der Waals surface area contributed by atoms with Crippen LogP contribution in [0.15, 0.2) is 23.0 Å². The monoisotopic (exact) mass is 164 g/mol. The molecule has 0 aromatic carbocycles. The molecular formula is C8H4O4. The van der Waals surface area contributed by atoms with Gasteiger partial charge in [-0.25, -0.2) is 9.59 Å². The highest BCUT2D eigenvalue weighted by Gasteiger charge is 2.48. The summed E-state index contributed by atoms with van der Waals surface area (Å²) in [6.07, 6.45) is 2.23. The summed E-state index contributed by atoms with van der Waals surface area (Å²) in [6, 6.07) is 0. The maximum atomic E-state index is 11.0. The van der Waals surface area contributed by atoms with Crippen LogP contribution in [0.3, 0.4) is 0 Å². The second kappa shape index (κ2) is 1.60. The molecule has 0 aliphatic carbocycles. The number of carbonyl (C=O) groups is 2. The van der Waals surface area contributed by atoms with Crippen molar-refractivity contribution >= 4 is 11.9 Å². The molecule has 12 heavy (non-hydrogen) atoms. The van der Waals surface area contributed by atoms with Crippen molar-refractivity contribution in [2.24, 2.45) is 0 Å². The van der Waals surface area contributed by atoms with Crippen molar-refractivity contribution in [3.8, 4) is 0 Å². The fraction of sp³-hybridized carbons (Fsp3) is 0.250. The van der Waals surface area contributed by atoms with E-state index in [2.05, 4.69) is 4.74 Å². The Morgan fingerprint density at radius 3 is 2.92 bits per heavy atom. The topological polar surface area (TPSA) is 52.6 Å². The molecule has 3 aliphatic heterocycles. The molecule has 0 spiro atoms. The molecule has 2 bridgehead atoms. The van der Waals surface area contributed by atoms with Gasteiger partial charge in [0.1, 0.15) is 17.4 Å². The zero-order valence-electron chi connectivity index (χ0n) is 5.99. The SMILES string of the molecule is O=C1OC(=O)C2=C1C1=CCC2O1. The first-order valence-electron chi connectivity index (χ1n) is 3.65. The number of hydrogen-bond acceptors (Lipinski definition) is 4. The lowest BCUT2D eigenvalue weighted by atomic mass is 10.00. The molecule has 0 aromatic heterocycles. The Kier molecular flexibility index (Phi) is 0.800. The summed E-state index contributed by atoms with van der Waals surface area (Å²) in [5.41, 5.74) is 0.758. The minimum Gasteiger partial charge on any atom is -0.485 e. The Morgan fingerprint density at radius 2 is 2.17 bits per heavy atom. The number of ether oxygens (including phenoxy) is 2. The van der Waals surface area contributed by atoms with E-state index in [1.165, 1.54) is 0 Å². The van der Waals surface area contributed by atoms with E-state index < -0.39 is 11.9 Å². The maximum Gasteiger partial charge on any atom is 0.350 e. The van der Waals surface area contributed by atoms with Gasteiger partial charge < -0.3 is 9.47 Å². The molecule has 1 atom stereocenters. The quantitative estimate of drug-likeness (QED) is 0.375. The summed E-state index contributed by atoms with van der Waals surface area (Å²) in [6.45, 7) is 0. The molecule has 3 aliphatic rings. The standard InChI is InChI=1S/C8H4O4/c9-7-5-3-1-2-4(11-3)6(5)8(10)12-7/h1,4H,2H2. The third kappa shape index (κ3) is 0.470. The highest BCUT2D eigenvalue weighted by Crippen LogP contribution is 2.42. The number of carbonyl (C=O) groups excluding carboxylic acids is 2. The maximum absolute atomic E-state index is 11.0. The summed E-state index contributed by atoms with van der Waals surface area (Å²) >= 11 is 0. The van der Waals surface area contributed by atoms with Gasteiger partial charge >= 0.3 is 11.9 Å². The molecule has 1 unspecified atom stereocenters. The lowest BCUT2D eigenvalue weighted by Gasteiger charge is -2.04. The van der Waals surface area contributed by atoms with Gasteiger partial charge in [0.2, 0.25) is 0 Å². The van der Waals surface area contributed by atoms with Gasteiger partial charge in [-0.1, -0.05) is 0 Å². The highest BCUT2D eigenvalue weighted by atomic mass is 16.6. The second-order valence-electron chi connectivity index (χ2n) is 2.88. The zero-order valence-corrected chi connectivity index (χ0v) is 5.99. The molecule has 0 amide bonds. The number of hydrogen-bond donors (Lipinski definition) is 0. The van der Waals surface area contributed by atoms with Gasteiger partial charge in [-0.2, -0.15) is 0 Å². The molecule has 3 rings (SSSR count). The van der Waals surface area contributed by atoms with Crippen LogP contribution in [-0.2, 0) is 19.1 Å². The Bertz CT molecular complexity index is 375. The van der Waals surface area contributed by atoms with Crippen LogP contribution in [0.25, 0.3) is 0 Å². The van der Waals surface area contributed by atoms with Crippen molar-refractivity contribution < 1.29 is 19.1 Å². The Hall–Kier alpha value is -1.58. The van der Waals surface area contributed by atoms with Gasteiger partial charge in [0.25, 0.3) is 0 Å². The molecule has 0 fully saturated rings. The smallest absolute Gasteiger partial charge is 0.350 e. The molecular weight excluding hydrogens is 160 g/mol. The average molecular weight is 164 g/mol. The van der Waals surface area contributed by atoms with Crippen LogP contribution >= 0.6 is 0 Å². The molecule has 4 heteroatoms. The van der Waals surface area contributed by atoms with Gasteiger partial charge in [-0.05, 0) is 6.08 Å². The molecule has 0 saturated heterocycles. The van der Waals surface area contributed by atoms with E-state index in [0.29, 0.717) is 23.3 Å². The Balaban J connectivity index is 2.25. The Morgan fingerprint density at radius 1 is 1.33 bits per heavy atom. The van der Waals surface area contributed by atoms with Gasteiger partial charge in [0, 0.05) is 6.42 Å². The molecule has 4 nitrogen and oxygen atoms in total. The first-order chi connectivity index (χ1) is 5.77. The largest absolute Gasteiger partial charge is 0.485 e. The average Bonchev–Trinajstić information content (AvgIpc) is 2.64. The molecule has 3 heterocycles. The summed E-state index contributed by atoms with van der Waals surface area (Å²) in [7, 11) is 0. The van der Waals surface area contributed by atoms with E-state index in [9.17, 15) is 9.59 Å². The minimum absolute atomic E-state index is 0.256. The molecule has 60 valence electrons. The minimum atomic E-state index is -0.566. The Labute approximate surface area is 67.4 Å². The van der Waals surface area contributed by atoms with Crippen molar-refractivity contribution in [1.82, 2.24) is 0 Å². The van der Waals surface area contributed by atoms with Crippen molar-refractivity contribution in [2.45, 2.75) is 12.5 Å². The molecule has 0 saturated carbocycles. The van der Waals surface area contributed by atoms with Gasteiger partial charge in [-0.3, -0.25) is 0 Å². The van der Waals surface area contributed by atoms with Crippen molar-refractivity contribution in [2.75, 3.05) is 0 Å². The predicted molar refractivity (Wildman–Crippen MR) is 35.7 cm³/mol. The number of rotatable bonds is 0. The molecule has 0 aromatic rings. The second-order valence-corrected chi connectivity index (χ2v) is 2.88. The fourth-order valence-electron chi connectivity index (χ4n) is 1.73. The summed E-state index contributed by atoms with van der Waals surface area (Å²) < 4.78 is 9.68. The van der Waals surface area contributed by atoms with Crippen LogP contribution in [0.1, 0.15) is 6.42 Å². The summed E-state index contributed by atoms with van der Waals surface area (Å²) in [5.74, 6) is -0.586. The van der Waals surface area contributed by atoms with Gasteiger partial charge in [0.05, 0.1) is 5.57 Å². The van der Waals surface area contributed by atoms with E-state index >= 15 is 0 Å². The van der Waals surface area contributed by atoms with Crippen molar-refractivity contribution in [3.05, 3.63) is 23.0 Å². The normalized spacial score (nSPS) is 30.3. The zero-order chi connectivity index (χ0) is 8.29. The molecule has 0 N–H and O–H groups in total. The van der Waals surface area contributed by atoms with Crippen LogP contribution < -0.4 is 0 Å². The third-order valence-corrected chi connectivity index (χ3v) is 2.23. The summed E-state index contributed by atoms with van der Waals surface area (Å²) in [4.78, 5) is 22.1. The summed E-state index contributed by atoms with van der Waals surface area (Å²) in [5, 5.41) is 0. The van der Waals surface area contributed by atoms with E-state index in [0.717, 1.165) is 0 Å². The van der Waals surface area contributed by atoms with E-state index in [1.807, 2.05) is 6.08 Å². The lowest BCUT2D eigenvalue weighted by Crippen LogP contribution is -2.13. The number of cyclic esters (lactones) is 2. The first-order valence-corrected chi connectivity index (χ1v) is 3.65. The lowest BCUT2D eigenvalue weighted by molar-refractivity contribution is -0.152. The van der Waals surface area contributed by atoms with E-state index in [4.69, 9.17) is 4.74 Å². The van der Waals surface area contributed by atoms with E-state index in [-0.39, 0.29) is 6.10 Å². The van der Waals surface area contributed by atoms with Crippen molar-refractivity contribution in [3.63, 3.8) is 0 Å². The fourth-order valence-corrected chi connectivity index (χ4v) is 1.73. The van der Waals surface area contributed by atoms with Crippen LogP contribution in [0.2, 0.25) is 0 Å². The number of esters is 2. The highest BCUT2D eigenvalue weighted by molar-refractivity contribution is 6.16. The number of fused-ring (bicyclic) bond motifs is 4. The van der Waals surface area contributed by atoms with Crippen molar-refractivity contribution in [1.29, 1.82) is 0 Å². The van der Waals surface area contributed by atoms with E-state index in [1.54, 1.807) is 0 Å². The first kappa shape index (κ1) is 5.99. The van der Waals surface area contributed by atoms with Crippen LogP contribution in [0.5, 0.6) is 0 Å². The third-order valence-electron chi connectivity index (χ3n) is 2.23. The van der Waals surface area contributed by atoms with Crippen LogP contribution in [0, 0.1) is 0 Å². The molecule has 0 radical (unpaired) electrons. The van der Waals surface area contributed by atoms with Crippen LogP contribution in [-0.4, -0.2) is 18.0 Å². The predicted octanol–water partition coefficient (Wildman–Crippen LogP) is 0.0528. The van der Waals surface area contributed by atoms with Gasteiger partial charge in [0.15, 0.2) is 0 Å². The van der Waals surface area contributed by atoms with Gasteiger partial charge in [-0.15, -0.1) is 0 Å². The van der Waals surface area contributed by atoms with Crippen LogP contribution in [0.4, 0.5) is 0 Å².